The van der Waals surface area contributed by atoms with Gasteiger partial charge >= 0.3 is 0 Å². The monoisotopic (exact) mass is 430 g/mol. The van der Waals surface area contributed by atoms with Crippen LogP contribution in [0.25, 0.3) is 11.3 Å². The number of nitrogens with zero attached hydrogens (tertiary/aromatic N) is 4. The highest BCUT2D eigenvalue weighted by Gasteiger charge is 2.25. The highest BCUT2D eigenvalue weighted by molar-refractivity contribution is 5.52. The molecule has 0 spiro atoms. The average Bonchev–Trinajstić information content (AvgIpc) is 3.21. The fourth-order valence-corrected chi connectivity index (χ4v) is 4.51. The van der Waals surface area contributed by atoms with Crippen LogP contribution in [0.3, 0.4) is 0 Å². The van der Waals surface area contributed by atoms with Gasteiger partial charge in [0.1, 0.15) is 5.65 Å². The topological polar surface area (TPSA) is 61.0 Å². The number of ether oxygens (including phenoxy) is 2. The first-order chi connectivity index (χ1) is 15.6. The van der Waals surface area contributed by atoms with Gasteiger partial charge in [0, 0.05) is 31.3 Å². The van der Waals surface area contributed by atoms with Crippen molar-refractivity contribution in [3.8, 4) is 17.2 Å². The molecule has 3 heterocycles. The maximum atomic E-state index is 13.5. The van der Waals surface area contributed by atoms with E-state index >= 15 is 0 Å². The van der Waals surface area contributed by atoms with Crippen molar-refractivity contribution in [2.45, 2.75) is 26.4 Å². The van der Waals surface area contributed by atoms with Crippen LogP contribution < -0.4 is 15.0 Å². The lowest BCUT2D eigenvalue weighted by molar-refractivity contribution is 0.237. The predicted molar refractivity (Wildman–Crippen MR) is 123 cm³/mol. The maximum Gasteiger partial charge on any atom is 0.261 e. The minimum absolute atomic E-state index is 0.0457. The molecule has 5 rings (SSSR count). The van der Waals surface area contributed by atoms with Gasteiger partial charge < -0.3 is 9.47 Å². The Morgan fingerprint density at radius 3 is 2.53 bits per heavy atom. The predicted octanol–water partition coefficient (Wildman–Crippen LogP) is 3.37. The molecule has 32 heavy (non-hydrogen) atoms. The molecule has 0 aliphatic carbocycles. The van der Waals surface area contributed by atoms with Gasteiger partial charge in [-0.1, -0.05) is 24.3 Å². The summed E-state index contributed by atoms with van der Waals surface area (Å²) in [5.41, 5.74) is 5.54. The molecule has 1 aliphatic heterocycles. The standard InChI is InChI=1S/C25H26N4O3/c1-17-13-24-28(19-7-5-4-6-8-19)25(30)20-11-12-27(16-21(20)29(24)26-17)15-18-9-10-22(31-2)23(14-18)32-3/h4-10,13-14H,11-12,15-16H2,1-3H3. The van der Waals surface area contributed by atoms with Crippen LogP contribution in [0.1, 0.15) is 22.5 Å². The van der Waals surface area contributed by atoms with Gasteiger partial charge in [-0.05, 0) is 43.2 Å². The first-order valence-electron chi connectivity index (χ1n) is 10.7. The molecule has 4 aromatic rings. The molecular formula is C25H26N4O3. The Morgan fingerprint density at radius 1 is 1.00 bits per heavy atom. The van der Waals surface area contributed by atoms with E-state index in [1.165, 1.54) is 0 Å². The Labute approximate surface area is 186 Å². The largest absolute Gasteiger partial charge is 0.493 e. The van der Waals surface area contributed by atoms with Gasteiger partial charge in [0.15, 0.2) is 11.5 Å². The van der Waals surface area contributed by atoms with E-state index in [1.54, 1.807) is 18.8 Å². The first kappa shape index (κ1) is 20.3. The van der Waals surface area contributed by atoms with Gasteiger partial charge in [0.25, 0.3) is 5.56 Å². The molecule has 0 N–H and O–H groups in total. The van der Waals surface area contributed by atoms with Crippen molar-refractivity contribution in [1.29, 1.82) is 0 Å². The summed E-state index contributed by atoms with van der Waals surface area (Å²) in [6.07, 6.45) is 0.684. The third-order valence-corrected chi connectivity index (χ3v) is 6.03. The number of methoxy groups -OCH3 is 2. The zero-order valence-corrected chi connectivity index (χ0v) is 18.5. The number of para-hydroxylation sites is 1. The van der Waals surface area contributed by atoms with Crippen molar-refractivity contribution in [3.63, 3.8) is 0 Å². The Kier molecular flexibility index (Phi) is 5.19. The molecule has 0 amide bonds. The van der Waals surface area contributed by atoms with Crippen LogP contribution in [0.15, 0.2) is 59.4 Å². The van der Waals surface area contributed by atoms with E-state index in [9.17, 15) is 4.79 Å². The molecule has 2 aromatic heterocycles. The van der Waals surface area contributed by atoms with Crippen LogP contribution >= 0.6 is 0 Å². The Hall–Kier alpha value is -3.58. The summed E-state index contributed by atoms with van der Waals surface area (Å²) in [7, 11) is 3.28. The van der Waals surface area contributed by atoms with E-state index in [1.807, 2.05) is 60.0 Å². The molecule has 7 heteroatoms. The van der Waals surface area contributed by atoms with Crippen molar-refractivity contribution in [2.24, 2.45) is 0 Å². The summed E-state index contributed by atoms with van der Waals surface area (Å²) in [5, 5.41) is 4.74. The number of fused-ring (bicyclic) bond motifs is 3. The van der Waals surface area contributed by atoms with E-state index < -0.39 is 0 Å². The summed E-state index contributed by atoms with van der Waals surface area (Å²) in [4.78, 5) is 15.9. The zero-order valence-electron chi connectivity index (χ0n) is 18.5. The summed E-state index contributed by atoms with van der Waals surface area (Å²) in [6.45, 7) is 4.18. The summed E-state index contributed by atoms with van der Waals surface area (Å²) >= 11 is 0. The number of benzene rings is 2. The van der Waals surface area contributed by atoms with Gasteiger partial charge in [-0.15, -0.1) is 0 Å². The van der Waals surface area contributed by atoms with Gasteiger partial charge in [0.2, 0.25) is 0 Å². The number of aromatic nitrogens is 3. The van der Waals surface area contributed by atoms with Crippen LogP contribution in [-0.4, -0.2) is 39.8 Å². The zero-order chi connectivity index (χ0) is 22.2. The van der Waals surface area contributed by atoms with Crippen LogP contribution in [-0.2, 0) is 19.5 Å². The second-order valence-corrected chi connectivity index (χ2v) is 8.11. The Balaban J connectivity index is 1.54. The van der Waals surface area contributed by atoms with Gasteiger partial charge in [-0.3, -0.25) is 14.3 Å². The maximum absolute atomic E-state index is 13.5. The third-order valence-electron chi connectivity index (χ3n) is 6.03. The molecule has 1 aliphatic rings. The second kappa shape index (κ2) is 8.16. The molecule has 7 nitrogen and oxygen atoms in total. The summed E-state index contributed by atoms with van der Waals surface area (Å²) in [6, 6.07) is 17.7. The minimum atomic E-state index is 0.0457. The molecule has 0 bridgehead atoms. The molecule has 0 unspecified atom stereocenters. The van der Waals surface area contributed by atoms with Crippen LogP contribution in [0.4, 0.5) is 0 Å². The second-order valence-electron chi connectivity index (χ2n) is 8.11. The SMILES string of the molecule is COc1ccc(CN2CCc3c(n4nc(C)cc4n(-c4ccccc4)c3=O)C2)cc1OC. The van der Waals surface area contributed by atoms with Crippen molar-refractivity contribution in [3.05, 3.63) is 87.5 Å². The average molecular weight is 431 g/mol. The number of hydrogen-bond acceptors (Lipinski definition) is 5. The molecule has 0 saturated heterocycles. The van der Waals surface area contributed by atoms with Crippen molar-refractivity contribution >= 4 is 5.65 Å². The molecule has 0 radical (unpaired) electrons. The molecule has 0 atom stereocenters. The van der Waals surface area contributed by atoms with E-state index in [0.29, 0.717) is 13.0 Å². The molecule has 2 aromatic carbocycles. The summed E-state index contributed by atoms with van der Waals surface area (Å²) in [5.74, 6) is 1.44. The van der Waals surface area contributed by atoms with E-state index in [2.05, 4.69) is 11.0 Å². The number of aryl methyl sites for hydroxylation is 1. The lowest BCUT2D eigenvalue weighted by atomic mass is 10.0. The van der Waals surface area contributed by atoms with Crippen LogP contribution in [0, 0.1) is 6.92 Å². The Morgan fingerprint density at radius 2 is 1.78 bits per heavy atom. The minimum Gasteiger partial charge on any atom is -0.493 e. The normalized spacial score (nSPS) is 13.8. The molecule has 164 valence electrons. The van der Waals surface area contributed by atoms with Crippen LogP contribution in [0.5, 0.6) is 11.5 Å². The van der Waals surface area contributed by atoms with E-state index in [4.69, 9.17) is 14.6 Å². The number of hydrogen-bond donors (Lipinski definition) is 0. The first-order valence-corrected chi connectivity index (χ1v) is 10.7. The van der Waals surface area contributed by atoms with Crippen molar-refractivity contribution in [1.82, 2.24) is 19.1 Å². The molecule has 0 fully saturated rings. The van der Waals surface area contributed by atoms with Gasteiger partial charge in [-0.25, -0.2) is 4.52 Å². The third kappa shape index (κ3) is 3.44. The quantitative estimate of drug-likeness (QED) is 0.486. The fraction of sp³-hybridized carbons (Fsp3) is 0.280. The van der Waals surface area contributed by atoms with Gasteiger partial charge in [-0.2, -0.15) is 5.10 Å². The van der Waals surface area contributed by atoms with Crippen molar-refractivity contribution in [2.75, 3.05) is 20.8 Å². The van der Waals surface area contributed by atoms with E-state index in [-0.39, 0.29) is 5.56 Å². The van der Waals surface area contributed by atoms with E-state index in [0.717, 1.165) is 58.4 Å². The lowest BCUT2D eigenvalue weighted by Gasteiger charge is -2.29. The van der Waals surface area contributed by atoms with Crippen LogP contribution in [0.2, 0.25) is 0 Å². The molecular weight excluding hydrogens is 404 g/mol. The highest BCUT2D eigenvalue weighted by atomic mass is 16.5. The fourth-order valence-electron chi connectivity index (χ4n) is 4.51. The molecule has 0 saturated carbocycles. The summed E-state index contributed by atoms with van der Waals surface area (Å²) < 4.78 is 14.5. The Bertz CT molecular complexity index is 1340. The van der Waals surface area contributed by atoms with Crippen molar-refractivity contribution < 1.29 is 9.47 Å². The smallest absolute Gasteiger partial charge is 0.261 e. The lowest BCUT2D eigenvalue weighted by Crippen LogP contribution is -2.38. The number of rotatable bonds is 5. The van der Waals surface area contributed by atoms with Gasteiger partial charge in [0.05, 0.1) is 31.3 Å². The highest BCUT2D eigenvalue weighted by Crippen LogP contribution is 2.29.